The minimum Gasteiger partial charge on any atom is -0.497 e. The summed E-state index contributed by atoms with van der Waals surface area (Å²) in [5.74, 6) is 1.28. The summed E-state index contributed by atoms with van der Waals surface area (Å²) >= 11 is 0. The van der Waals surface area contributed by atoms with Gasteiger partial charge < -0.3 is 23.8 Å². The van der Waals surface area contributed by atoms with Gasteiger partial charge in [-0.3, -0.25) is 14.3 Å². The summed E-state index contributed by atoms with van der Waals surface area (Å²) in [6.45, 7) is 1.33. The lowest BCUT2D eigenvalue weighted by molar-refractivity contribution is -0.0806. The summed E-state index contributed by atoms with van der Waals surface area (Å²) in [6.07, 6.45) is -0.695. The minimum atomic E-state index is -5.21. The van der Waals surface area contributed by atoms with Crippen LogP contribution in [0.5, 0.6) is 11.5 Å². The second-order valence-corrected chi connectivity index (χ2v) is 11.7. The fourth-order valence-electron chi connectivity index (χ4n) is 5.48. The highest BCUT2D eigenvalue weighted by molar-refractivity contribution is 7.50. The van der Waals surface area contributed by atoms with Crippen LogP contribution in [0.15, 0.2) is 94.6 Å². The van der Waals surface area contributed by atoms with Gasteiger partial charge in [-0.1, -0.05) is 54.6 Å². The summed E-state index contributed by atoms with van der Waals surface area (Å²) in [4.78, 5) is 36.4. The van der Waals surface area contributed by atoms with E-state index in [2.05, 4.69) is 10.1 Å². The van der Waals surface area contributed by atoms with Crippen LogP contribution in [0.3, 0.4) is 0 Å². The summed E-state index contributed by atoms with van der Waals surface area (Å²) in [6, 6.07) is 23.1. The van der Waals surface area contributed by atoms with Crippen molar-refractivity contribution in [2.75, 3.05) is 20.8 Å². The third-order valence-corrected chi connectivity index (χ3v) is 8.31. The molecule has 1 fully saturated rings. The van der Waals surface area contributed by atoms with Crippen LogP contribution >= 0.6 is 7.83 Å². The molecular formula is C31H33FN3O8P. The zero-order chi connectivity index (χ0) is 31.5. The Bertz CT molecular complexity index is 1690. The van der Waals surface area contributed by atoms with Crippen molar-refractivity contribution in [3.63, 3.8) is 0 Å². The molecule has 11 nitrogen and oxygen atoms in total. The van der Waals surface area contributed by atoms with Crippen LogP contribution in [-0.2, 0) is 19.6 Å². The van der Waals surface area contributed by atoms with Crippen molar-refractivity contribution in [2.24, 2.45) is 0 Å². The Kier molecular flexibility index (Phi) is 9.19. The molecule has 232 valence electrons. The van der Waals surface area contributed by atoms with E-state index < -0.39 is 43.1 Å². The van der Waals surface area contributed by atoms with Crippen molar-refractivity contribution in [3.8, 4) is 11.5 Å². The fourth-order valence-corrected chi connectivity index (χ4v) is 6.16. The van der Waals surface area contributed by atoms with Gasteiger partial charge in [0.05, 0.1) is 33.0 Å². The third-order valence-electron chi connectivity index (χ3n) is 7.65. The number of hydrogen-bond donors (Lipinski definition) is 3. The second-order valence-electron chi connectivity index (χ2n) is 10.4. The normalized spacial score (nSPS) is 19.8. The number of aromatic nitrogens is 2. The maximum absolute atomic E-state index is 14.1. The highest BCUT2D eigenvalue weighted by atomic mass is 31.2. The predicted octanol–water partition coefficient (Wildman–Crippen LogP) is 4.19. The maximum atomic E-state index is 14.1. The van der Waals surface area contributed by atoms with Crippen LogP contribution in [0.2, 0.25) is 0 Å². The van der Waals surface area contributed by atoms with Crippen LogP contribution in [0.1, 0.15) is 34.9 Å². The molecule has 44 heavy (non-hydrogen) atoms. The van der Waals surface area contributed by atoms with E-state index in [-0.39, 0.29) is 18.6 Å². The molecule has 3 aromatic carbocycles. The van der Waals surface area contributed by atoms with Gasteiger partial charge in [0, 0.05) is 18.2 Å². The maximum Gasteiger partial charge on any atom is 0.440 e. The van der Waals surface area contributed by atoms with Gasteiger partial charge >= 0.3 is 13.5 Å². The van der Waals surface area contributed by atoms with Crippen molar-refractivity contribution >= 4 is 7.83 Å². The van der Waals surface area contributed by atoms with E-state index in [0.29, 0.717) is 11.5 Å². The molecule has 0 spiro atoms. The zero-order valence-corrected chi connectivity index (χ0v) is 25.2. The largest absolute Gasteiger partial charge is 0.497 e. The number of rotatable bonds is 11. The Labute approximate surface area is 252 Å². The molecule has 0 saturated carbocycles. The number of halogens is 1. The number of aryl methyl sites for hydroxylation is 1. The van der Waals surface area contributed by atoms with Gasteiger partial charge in [-0.25, -0.2) is 14.4 Å². The molecule has 0 bridgehead atoms. The molecule has 13 heteroatoms. The van der Waals surface area contributed by atoms with E-state index in [0.717, 1.165) is 16.7 Å². The molecular weight excluding hydrogens is 592 g/mol. The van der Waals surface area contributed by atoms with Crippen molar-refractivity contribution in [3.05, 3.63) is 128 Å². The Morgan fingerprint density at radius 3 is 2.05 bits per heavy atom. The van der Waals surface area contributed by atoms with Gasteiger partial charge in [-0.2, -0.15) is 0 Å². The standard InChI is InChI=1S/C31H33FN3O8P/c1-20-18-35(30(37)33-29(20)36)28-17-26(34-44(32,38)39)27(43-28)19-42-31(21-7-5-4-6-8-21,22-9-13-24(40-2)14-10-22)23-11-15-25(41-3)16-12-23/h4-16,18,26-28H,17,19H2,1-3H3,(H,33,36,37)(H2,34,38,39)/t26-,27+,28+/m0/s1. The molecule has 4 aromatic rings. The van der Waals surface area contributed by atoms with Crippen molar-refractivity contribution < 1.29 is 32.6 Å². The monoisotopic (exact) mass is 625 g/mol. The van der Waals surface area contributed by atoms with E-state index in [1.807, 2.05) is 78.9 Å². The van der Waals surface area contributed by atoms with Gasteiger partial charge in [-0.05, 0) is 47.9 Å². The average Bonchev–Trinajstić information content (AvgIpc) is 3.41. The van der Waals surface area contributed by atoms with Crippen molar-refractivity contribution in [2.45, 2.75) is 37.3 Å². The first-order valence-corrected chi connectivity index (χ1v) is 15.4. The molecule has 2 heterocycles. The Hall–Kier alpha value is -4.06. The quantitative estimate of drug-likeness (QED) is 0.165. The van der Waals surface area contributed by atoms with Gasteiger partial charge in [0.15, 0.2) is 0 Å². The summed E-state index contributed by atoms with van der Waals surface area (Å²) in [7, 11) is -2.08. The molecule has 1 saturated heterocycles. The number of H-pyrrole nitrogens is 1. The number of ether oxygens (including phenoxy) is 4. The Morgan fingerprint density at radius 2 is 1.52 bits per heavy atom. The van der Waals surface area contributed by atoms with Gasteiger partial charge in [0.2, 0.25) is 0 Å². The molecule has 1 aliphatic heterocycles. The van der Waals surface area contributed by atoms with Crippen LogP contribution in [0.25, 0.3) is 0 Å². The van der Waals surface area contributed by atoms with E-state index in [1.54, 1.807) is 14.2 Å². The second kappa shape index (κ2) is 12.9. The van der Waals surface area contributed by atoms with E-state index in [9.17, 15) is 23.2 Å². The number of aromatic amines is 1. The van der Waals surface area contributed by atoms with Crippen molar-refractivity contribution in [1.82, 2.24) is 14.6 Å². The molecule has 1 unspecified atom stereocenters. The van der Waals surface area contributed by atoms with E-state index in [1.165, 1.54) is 17.7 Å². The third kappa shape index (κ3) is 6.54. The highest BCUT2D eigenvalue weighted by Crippen LogP contribution is 2.44. The number of benzene rings is 3. The van der Waals surface area contributed by atoms with Crippen LogP contribution in [-0.4, -0.2) is 47.4 Å². The van der Waals surface area contributed by atoms with E-state index >= 15 is 0 Å². The molecule has 1 aromatic heterocycles. The lowest BCUT2D eigenvalue weighted by atomic mass is 9.80. The van der Waals surface area contributed by atoms with E-state index in [4.69, 9.17) is 18.9 Å². The lowest BCUT2D eigenvalue weighted by Crippen LogP contribution is -2.41. The number of hydrogen-bond acceptors (Lipinski definition) is 7. The number of methoxy groups -OCH3 is 2. The number of nitrogens with zero attached hydrogens (tertiary/aromatic N) is 1. The molecule has 0 amide bonds. The molecule has 0 aliphatic carbocycles. The SMILES string of the molecule is COc1ccc(C(OC[C@H]2O[C@@H](n3cc(C)c(=O)[nH]c3=O)C[C@@H]2NP(=O)(O)F)(c2ccccc2)c2ccc(OC)cc2)cc1. The molecule has 1 aliphatic rings. The lowest BCUT2D eigenvalue weighted by Gasteiger charge is -2.37. The smallest absolute Gasteiger partial charge is 0.440 e. The van der Waals surface area contributed by atoms with Crippen molar-refractivity contribution in [1.29, 1.82) is 0 Å². The predicted molar refractivity (Wildman–Crippen MR) is 161 cm³/mol. The summed E-state index contributed by atoms with van der Waals surface area (Å²) in [5, 5.41) is 2.12. The van der Waals surface area contributed by atoms with Gasteiger partial charge in [0.1, 0.15) is 23.3 Å². The first-order valence-electron chi connectivity index (χ1n) is 13.8. The summed E-state index contributed by atoms with van der Waals surface area (Å²) < 4.78 is 50.9. The van der Waals surface area contributed by atoms with Crippen LogP contribution in [0, 0.1) is 6.92 Å². The highest BCUT2D eigenvalue weighted by Gasteiger charge is 2.44. The zero-order valence-electron chi connectivity index (χ0n) is 24.3. The van der Waals surface area contributed by atoms with Gasteiger partial charge in [-0.15, -0.1) is 4.20 Å². The first kappa shape index (κ1) is 31.4. The Balaban J connectivity index is 1.59. The number of nitrogens with one attached hydrogen (secondary N) is 2. The fraction of sp³-hybridized carbons (Fsp3) is 0.290. The summed E-state index contributed by atoms with van der Waals surface area (Å²) in [5.41, 5.74) is -0.0184. The average molecular weight is 626 g/mol. The topological polar surface area (TPSA) is 141 Å². The Morgan fingerprint density at radius 1 is 0.977 bits per heavy atom. The molecule has 3 N–H and O–H groups in total. The van der Waals surface area contributed by atoms with Crippen LogP contribution < -0.4 is 25.8 Å². The minimum absolute atomic E-state index is 0.0582. The first-order chi connectivity index (χ1) is 21.0. The molecule has 5 rings (SSSR count). The van der Waals surface area contributed by atoms with Gasteiger partial charge in [0.25, 0.3) is 5.56 Å². The molecule has 4 atom stereocenters. The van der Waals surface area contributed by atoms with Crippen LogP contribution in [0.4, 0.5) is 4.20 Å². The molecule has 0 radical (unpaired) electrons.